The molecule has 90 valence electrons. The molecule has 1 atom stereocenters. The summed E-state index contributed by atoms with van der Waals surface area (Å²) in [5, 5.41) is 9.55. The van der Waals surface area contributed by atoms with Gasteiger partial charge in [0, 0.05) is 11.4 Å². The van der Waals surface area contributed by atoms with Crippen molar-refractivity contribution in [3.05, 3.63) is 54.6 Å². The first kappa shape index (κ1) is 13.6. The summed E-state index contributed by atoms with van der Waals surface area (Å²) in [4.78, 5) is 10.2. The minimum absolute atomic E-state index is 0.487. The van der Waals surface area contributed by atoms with Gasteiger partial charge in [0.25, 0.3) is 0 Å². The minimum atomic E-state index is -0.947. The number of allylic oxidation sites excluding steroid dienone is 2. The van der Waals surface area contributed by atoms with Crippen molar-refractivity contribution < 1.29 is 14.4 Å². The van der Waals surface area contributed by atoms with Crippen LogP contribution >= 0.6 is 8.15 Å². The minimum Gasteiger partial charge on any atom is -0.478 e. The maximum absolute atomic E-state index is 10.2. The van der Waals surface area contributed by atoms with Crippen molar-refractivity contribution in [2.24, 2.45) is 0 Å². The number of hydrogen-bond acceptors (Lipinski definition) is 2. The molecule has 0 aliphatic rings. The lowest BCUT2D eigenvalue weighted by atomic mass is 10.4. The van der Waals surface area contributed by atoms with E-state index in [0.29, 0.717) is 6.61 Å². The van der Waals surface area contributed by atoms with E-state index in [0.717, 1.165) is 6.08 Å². The van der Waals surface area contributed by atoms with E-state index >= 15 is 0 Å². The first-order valence-electron chi connectivity index (χ1n) is 5.18. The number of carbonyl (C=O) groups is 1. The molecule has 0 saturated carbocycles. The average Bonchev–Trinajstić information content (AvgIpc) is 2.34. The summed E-state index contributed by atoms with van der Waals surface area (Å²) in [6.07, 6.45) is 6.03. The lowest BCUT2D eigenvalue weighted by molar-refractivity contribution is -0.131. The van der Waals surface area contributed by atoms with Crippen molar-refractivity contribution in [1.82, 2.24) is 0 Å². The zero-order valence-electron chi connectivity index (χ0n) is 9.61. The molecule has 4 heteroatoms. The smallest absolute Gasteiger partial charge is 0.328 e. The van der Waals surface area contributed by atoms with E-state index in [1.165, 1.54) is 11.4 Å². The van der Waals surface area contributed by atoms with Gasteiger partial charge in [-0.1, -0.05) is 48.6 Å². The van der Waals surface area contributed by atoms with Crippen molar-refractivity contribution in [2.45, 2.75) is 0 Å². The fourth-order valence-corrected chi connectivity index (χ4v) is 2.19. The molecule has 1 N–H and O–H groups in total. The van der Waals surface area contributed by atoms with Gasteiger partial charge in [0.1, 0.15) is 0 Å². The highest BCUT2D eigenvalue weighted by Gasteiger charge is 2.02. The zero-order valence-corrected chi connectivity index (χ0v) is 10.5. The Kier molecular flexibility index (Phi) is 6.23. The monoisotopic (exact) mass is 250 g/mol. The van der Waals surface area contributed by atoms with Crippen molar-refractivity contribution in [3.63, 3.8) is 0 Å². The first-order valence-corrected chi connectivity index (χ1v) is 6.88. The van der Waals surface area contributed by atoms with Crippen LogP contribution < -0.4 is 5.30 Å². The van der Waals surface area contributed by atoms with Gasteiger partial charge < -0.3 is 9.63 Å². The van der Waals surface area contributed by atoms with Crippen LogP contribution in [0.5, 0.6) is 0 Å². The van der Waals surface area contributed by atoms with Crippen molar-refractivity contribution in [3.8, 4) is 0 Å². The Balaban J connectivity index is 2.30. The fourth-order valence-electron chi connectivity index (χ4n) is 1.14. The molecule has 0 bridgehead atoms. The van der Waals surface area contributed by atoms with Crippen LogP contribution in [-0.4, -0.2) is 24.3 Å². The van der Waals surface area contributed by atoms with E-state index in [-0.39, 0.29) is 0 Å². The molecule has 0 amide bonds. The van der Waals surface area contributed by atoms with Gasteiger partial charge in [-0.15, -0.1) is 0 Å². The number of hydrogen-bond donors (Lipinski definition) is 1. The lowest BCUT2D eigenvalue weighted by Gasteiger charge is -2.10. The molecule has 1 aromatic rings. The molecule has 1 rings (SSSR count). The lowest BCUT2D eigenvalue weighted by Crippen LogP contribution is -2.01. The molecule has 0 radical (unpaired) electrons. The molecule has 0 aromatic heterocycles. The normalized spacial score (nSPS) is 13.2. The fraction of sp³-hybridized carbons (Fsp3) is 0.154. The Morgan fingerprint density at radius 3 is 2.71 bits per heavy atom. The maximum Gasteiger partial charge on any atom is 0.328 e. The van der Waals surface area contributed by atoms with Gasteiger partial charge in [-0.25, -0.2) is 4.79 Å². The topological polar surface area (TPSA) is 46.5 Å². The van der Waals surface area contributed by atoms with E-state index in [9.17, 15) is 4.79 Å². The largest absolute Gasteiger partial charge is 0.478 e. The van der Waals surface area contributed by atoms with Crippen LogP contribution in [0.4, 0.5) is 0 Å². The Hall–Kier alpha value is -1.44. The van der Waals surface area contributed by atoms with Gasteiger partial charge in [0.2, 0.25) is 0 Å². The molecule has 0 aliphatic carbocycles. The molecule has 0 spiro atoms. The summed E-state index contributed by atoms with van der Waals surface area (Å²) in [5.41, 5.74) is 0. The molecule has 3 nitrogen and oxygen atoms in total. The van der Waals surface area contributed by atoms with Crippen LogP contribution in [0.3, 0.4) is 0 Å². The van der Waals surface area contributed by atoms with Crippen LogP contribution in [0.15, 0.2) is 54.6 Å². The van der Waals surface area contributed by atoms with E-state index in [1.807, 2.05) is 37.0 Å². The van der Waals surface area contributed by atoms with Crippen molar-refractivity contribution in [2.75, 3.05) is 13.3 Å². The Bertz CT molecular complexity index is 398. The predicted octanol–water partition coefficient (Wildman–Crippen LogP) is 2.55. The third-order valence-electron chi connectivity index (χ3n) is 1.97. The summed E-state index contributed by atoms with van der Waals surface area (Å²) in [7, 11) is -0.601. The van der Waals surface area contributed by atoms with Crippen molar-refractivity contribution >= 4 is 19.4 Å². The second-order valence-electron chi connectivity index (χ2n) is 3.25. The number of rotatable bonds is 6. The number of carboxylic acids is 1. The molecule has 1 unspecified atom stereocenters. The first-order chi connectivity index (χ1) is 8.20. The molecular weight excluding hydrogens is 235 g/mol. The van der Waals surface area contributed by atoms with E-state index in [2.05, 4.69) is 0 Å². The Morgan fingerprint density at radius 2 is 2.06 bits per heavy atom. The van der Waals surface area contributed by atoms with E-state index in [1.54, 1.807) is 12.2 Å². The Morgan fingerprint density at radius 1 is 1.35 bits per heavy atom. The number of benzene rings is 1. The summed E-state index contributed by atoms with van der Waals surface area (Å²) in [6, 6.07) is 10.0. The van der Waals surface area contributed by atoms with Gasteiger partial charge in [0.05, 0.1) is 14.8 Å². The second kappa shape index (κ2) is 7.77. The van der Waals surface area contributed by atoms with Gasteiger partial charge in [-0.3, -0.25) is 0 Å². The number of carboxylic acid groups (broad SMARTS) is 1. The third kappa shape index (κ3) is 6.00. The quantitative estimate of drug-likeness (QED) is 0.479. The molecule has 0 aliphatic heterocycles. The standard InChI is InChI=1S/C13H15O3P/c1-17(12-8-4-2-5-9-12)16-11-7-3-6-10-13(14)15/h2-10H,11H2,1H3,(H,14,15)/b7-3+,10-6+. The highest BCUT2D eigenvalue weighted by molar-refractivity contribution is 7.60. The van der Waals surface area contributed by atoms with E-state index in [4.69, 9.17) is 9.63 Å². The van der Waals surface area contributed by atoms with Gasteiger partial charge in [-0.2, -0.15) is 0 Å². The average molecular weight is 250 g/mol. The molecule has 1 aromatic carbocycles. The van der Waals surface area contributed by atoms with Crippen LogP contribution in [0.25, 0.3) is 0 Å². The SMILES string of the molecule is CP(OC/C=C/C=C/C(=O)O)c1ccccc1. The molecule has 0 saturated heterocycles. The highest BCUT2D eigenvalue weighted by atomic mass is 31.1. The maximum atomic E-state index is 10.2. The number of aliphatic carboxylic acids is 1. The summed E-state index contributed by atoms with van der Waals surface area (Å²) in [6.45, 7) is 2.53. The molecule has 0 fully saturated rings. The van der Waals surface area contributed by atoms with Crippen LogP contribution in [0, 0.1) is 0 Å². The van der Waals surface area contributed by atoms with Crippen LogP contribution in [0.2, 0.25) is 0 Å². The third-order valence-corrected chi connectivity index (χ3v) is 3.53. The summed E-state index contributed by atoms with van der Waals surface area (Å²) in [5.74, 6) is -0.947. The summed E-state index contributed by atoms with van der Waals surface area (Å²) < 4.78 is 5.63. The summed E-state index contributed by atoms with van der Waals surface area (Å²) >= 11 is 0. The van der Waals surface area contributed by atoms with Crippen LogP contribution in [0.1, 0.15) is 0 Å². The van der Waals surface area contributed by atoms with Gasteiger partial charge in [0.15, 0.2) is 0 Å². The zero-order chi connectivity index (χ0) is 12.5. The van der Waals surface area contributed by atoms with Gasteiger partial charge >= 0.3 is 5.97 Å². The van der Waals surface area contributed by atoms with Crippen molar-refractivity contribution in [1.29, 1.82) is 0 Å². The molecule has 0 heterocycles. The second-order valence-corrected chi connectivity index (χ2v) is 5.02. The predicted molar refractivity (Wildman–Crippen MR) is 70.8 cm³/mol. The molecular formula is C13H15O3P. The highest BCUT2D eigenvalue weighted by Crippen LogP contribution is 2.30. The van der Waals surface area contributed by atoms with Crippen LogP contribution in [-0.2, 0) is 9.32 Å². The van der Waals surface area contributed by atoms with E-state index < -0.39 is 14.1 Å². The Labute approximate surface area is 102 Å². The van der Waals surface area contributed by atoms with Gasteiger partial charge in [-0.05, 0) is 6.66 Å². The molecule has 17 heavy (non-hydrogen) atoms.